The van der Waals surface area contributed by atoms with Gasteiger partial charge < -0.3 is 9.67 Å². The number of hydrogen-bond acceptors (Lipinski definition) is 4. The summed E-state index contributed by atoms with van der Waals surface area (Å²) in [6, 6.07) is 0. The number of carboxylic acids is 1. The van der Waals surface area contributed by atoms with E-state index in [1.807, 2.05) is 18.0 Å². The summed E-state index contributed by atoms with van der Waals surface area (Å²) in [4.78, 5) is 15.3. The number of rotatable bonds is 5. The molecule has 1 aliphatic rings. The van der Waals surface area contributed by atoms with Gasteiger partial charge in [-0.2, -0.15) is 11.8 Å². The summed E-state index contributed by atoms with van der Waals surface area (Å²) < 4.78 is 2.26. The molecule has 0 aliphatic carbocycles. The molecule has 0 unspecified atom stereocenters. The number of hydrogen-bond donors (Lipinski definition) is 1. The third kappa shape index (κ3) is 4.68. The molecule has 2 rings (SSSR count). The van der Waals surface area contributed by atoms with Gasteiger partial charge in [-0.05, 0) is 30.3 Å². The van der Waals surface area contributed by atoms with Gasteiger partial charge in [0.1, 0.15) is 0 Å². The Labute approximate surface area is 135 Å². The highest BCUT2D eigenvalue weighted by atomic mass is 32.2. The summed E-state index contributed by atoms with van der Waals surface area (Å²) in [5, 5.41) is 9.74. The maximum atomic E-state index is 10.8. The molecule has 1 aromatic rings. The Morgan fingerprint density at radius 3 is 2.71 bits per heavy atom. The first-order valence-corrected chi connectivity index (χ1v) is 9.50. The highest BCUT2D eigenvalue weighted by Gasteiger charge is 2.24. The first kappa shape index (κ1) is 16.7. The second kappa shape index (κ2) is 7.09. The van der Waals surface area contributed by atoms with Crippen LogP contribution in [0.2, 0.25) is 0 Å². The summed E-state index contributed by atoms with van der Waals surface area (Å²) in [7, 11) is 0. The summed E-state index contributed by atoms with van der Waals surface area (Å²) in [6.45, 7) is 7.52. The molecular weight excluding hydrogens is 304 g/mol. The van der Waals surface area contributed by atoms with Crippen molar-refractivity contribution in [3.63, 3.8) is 0 Å². The first-order valence-electron chi connectivity index (χ1n) is 7.36. The number of nitrogens with zero attached hydrogens (tertiary/aromatic N) is 2. The maximum Gasteiger partial charge on any atom is 0.313 e. The van der Waals surface area contributed by atoms with Crippen molar-refractivity contribution >= 4 is 29.5 Å². The van der Waals surface area contributed by atoms with Crippen LogP contribution in [-0.2, 0) is 16.8 Å². The molecule has 0 aromatic carbocycles. The lowest BCUT2D eigenvalue weighted by Gasteiger charge is -2.27. The highest BCUT2D eigenvalue weighted by Crippen LogP contribution is 2.31. The standard InChI is InChI=1S/C15H24N2O2S2/c1-15(2,3)12-8-16-14(21-10-13(18)19)17(12)9-11-4-6-20-7-5-11/h8,11H,4-7,9-10H2,1-3H3,(H,18,19). The summed E-state index contributed by atoms with van der Waals surface area (Å²) in [5.74, 6) is 2.44. The third-order valence-corrected chi connectivity index (χ3v) is 5.72. The van der Waals surface area contributed by atoms with Gasteiger partial charge in [-0.3, -0.25) is 4.79 Å². The Balaban J connectivity index is 2.20. The minimum absolute atomic E-state index is 0.0262. The van der Waals surface area contributed by atoms with Gasteiger partial charge in [0, 0.05) is 23.9 Å². The molecule has 21 heavy (non-hydrogen) atoms. The van der Waals surface area contributed by atoms with Crippen LogP contribution >= 0.6 is 23.5 Å². The Morgan fingerprint density at radius 1 is 1.48 bits per heavy atom. The van der Waals surface area contributed by atoms with E-state index in [2.05, 4.69) is 30.3 Å². The van der Waals surface area contributed by atoms with Crippen LogP contribution in [0.3, 0.4) is 0 Å². The molecule has 6 heteroatoms. The van der Waals surface area contributed by atoms with Crippen LogP contribution in [0.1, 0.15) is 39.3 Å². The van der Waals surface area contributed by atoms with Crippen molar-refractivity contribution in [2.24, 2.45) is 5.92 Å². The number of aliphatic carboxylic acids is 1. The minimum Gasteiger partial charge on any atom is -0.481 e. The van der Waals surface area contributed by atoms with Gasteiger partial charge in [-0.1, -0.05) is 32.5 Å². The topological polar surface area (TPSA) is 55.1 Å². The summed E-state index contributed by atoms with van der Waals surface area (Å²) in [5.41, 5.74) is 1.23. The predicted molar refractivity (Wildman–Crippen MR) is 89.3 cm³/mol. The number of thioether (sulfide) groups is 2. The molecule has 0 spiro atoms. The van der Waals surface area contributed by atoms with Gasteiger partial charge in [-0.15, -0.1) is 0 Å². The van der Waals surface area contributed by atoms with Crippen molar-refractivity contribution in [3.05, 3.63) is 11.9 Å². The molecule has 0 radical (unpaired) electrons. The van der Waals surface area contributed by atoms with Gasteiger partial charge in [0.05, 0.1) is 5.75 Å². The van der Waals surface area contributed by atoms with E-state index in [9.17, 15) is 4.79 Å². The lowest BCUT2D eigenvalue weighted by molar-refractivity contribution is -0.133. The Bertz CT molecular complexity index is 488. The van der Waals surface area contributed by atoms with E-state index in [1.165, 1.54) is 41.8 Å². The molecule has 0 saturated carbocycles. The smallest absolute Gasteiger partial charge is 0.313 e. The molecule has 1 fully saturated rings. The van der Waals surface area contributed by atoms with Crippen molar-refractivity contribution in [1.82, 2.24) is 9.55 Å². The van der Waals surface area contributed by atoms with Crippen LogP contribution < -0.4 is 0 Å². The Hall–Kier alpha value is -0.620. The van der Waals surface area contributed by atoms with E-state index in [0.29, 0.717) is 5.92 Å². The highest BCUT2D eigenvalue weighted by molar-refractivity contribution is 7.99. The van der Waals surface area contributed by atoms with E-state index >= 15 is 0 Å². The zero-order valence-corrected chi connectivity index (χ0v) is 14.6. The number of carboxylic acid groups (broad SMARTS) is 1. The normalized spacial score (nSPS) is 17.1. The molecule has 4 nitrogen and oxygen atoms in total. The quantitative estimate of drug-likeness (QED) is 0.838. The molecule has 1 N–H and O–H groups in total. The molecule has 1 aliphatic heterocycles. The van der Waals surface area contributed by atoms with Crippen LogP contribution in [0, 0.1) is 5.92 Å². The molecular formula is C15H24N2O2S2. The monoisotopic (exact) mass is 328 g/mol. The van der Waals surface area contributed by atoms with Gasteiger partial charge in [-0.25, -0.2) is 4.98 Å². The van der Waals surface area contributed by atoms with Gasteiger partial charge >= 0.3 is 5.97 Å². The van der Waals surface area contributed by atoms with E-state index in [-0.39, 0.29) is 11.2 Å². The van der Waals surface area contributed by atoms with Crippen LogP contribution in [0.5, 0.6) is 0 Å². The second-order valence-electron chi connectivity index (χ2n) is 6.52. The summed E-state index contributed by atoms with van der Waals surface area (Å²) in [6.07, 6.45) is 4.41. The Morgan fingerprint density at radius 2 is 2.14 bits per heavy atom. The fraction of sp³-hybridized carbons (Fsp3) is 0.733. The molecule has 118 valence electrons. The fourth-order valence-electron chi connectivity index (χ4n) is 2.56. The molecule has 1 saturated heterocycles. The van der Waals surface area contributed by atoms with Gasteiger partial charge in [0.25, 0.3) is 0 Å². The Kier molecular flexibility index (Phi) is 5.66. The van der Waals surface area contributed by atoms with Gasteiger partial charge in [0.15, 0.2) is 5.16 Å². The van der Waals surface area contributed by atoms with Crippen LogP contribution in [0.15, 0.2) is 11.4 Å². The average Bonchev–Trinajstić information content (AvgIpc) is 2.80. The van der Waals surface area contributed by atoms with E-state index < -0.39 is 5.97 Å². The lowest BCUT2D eigenvalue weighted by atomic mass is 9.92. The van der Waals surface area contributed by atoms with E-state index in [1.54, 1.807) is 0 Å². The van der Waals surface area contributed by atoms with Crippen molar-refractivity contribution in [3.8, 4) is 0 Å². The summed E-state index contributed by atoms with van der Waals surface area (Å²) >= 11 is 3.36. The molecule has 1 aromatic heterocycles. The number of imidazole rings is 1. The largest absolute Gasteiger partial charge is 0.481 e. The van der Waals surface area contributed by atoms with Crippen LogP contribution in [0.25, 0.3) is 0 Å². The molecule has 0 bridgehead atoms. The number of carbonyl (C=O) groups is 1. The fourth-order valence-corrected chi connectivity index (χ4v) is 4.48. The minimum atomic E-state index is -0.791. The number of aromatic nitrogens is 2. The van der Waals surface area contributed by atoms with Crippen LogP contribution in [0.4, 0.5) is 0 Å². The van der Waals surface area contributed by atoms with Crippen molar-refractivity contribution < 1.29 is 9.90 Å². The van der Waals surface area contributed by atoms with E-state index in [0.717, 1.165) is 11.7 Å². The zero-order chi connectivity index (χ0) is 15.5. The SMILES string of the molecule is CC(C)(C)c1cnc(SCC(=O)O)n1CC1CCSCC1. The zero-order valence-electron chi connectivity index (χ0n) is 13.0. The van der Waals surface area contributed by atoms with Gasteiger partial charge in [0.2, 0.25) is 0 Å². The molecule has 0 amide bonds. The first-order chi connectivity index (χ1) is 9.88. The third-order valence-electron chi connectivity index (χ3n) is 3.69. The van der Waals surface area contributed by atoms with E-state index in [4.69, 9.17) is 5.11 Å². The molecule has 0 atom stereocenters. The average molecular weight is 329 g/mol. The predicted octanol–water partition coefficient (Wildman–Crippen LogP) is 3.50. The van der Waals surface area contributed by atoms with Crippen molar-refractivity contribution in [2.45, 2.75) is 50.7 Å². The van der Waals surface area contributed by atoms with Crippen LogP contribution in [-0.4, -0.2) is 37.9 Å². The maximum absolute atomic E-state index is 10.8. The van der Waals surface area contributed by atoms with Crippen molar-refractivity contribution in [2.75, 3.05) is 17.3 Å². The lowest BCUT2D eigenvalue weighted by Crippen LogP contribution is -2.23. The molecule has 2 heterocycles. The van der Waals surface area contributed by atoms with Crippen molar-refractivity contribution in [1.29, 1.82) is 0 Å². The second-order valence-corrected chi connectivity index (χ2v) is 8.69.